The lowest BCUT2D eigenvalue weighted by Crippen LogP contribution is -2.39. The summed E-state index contributed by atoms with van der Waals surface area (Å²) < 4.78 is 19.8. The molecule has 1 aromatic heterocycles. The fraction of sp³-hybridized carbons (Fsp3) is 0.419. The van der Waals surface area contributed by atoms with Crippen molar-refractivity contribution in [3.05, 3.63) is 107 Å². The number of aliphatic hydroxyl groups excluding tert-OH is 1. The number of benzene rings is 3. The standard InChI is InChI=1S/C43H54N4O6/c1-7-36(37-14-9-8-13-31(37)2)41(33-19-22-38-34(29-33)30-44-47(38)40-16-10-11-27-52-40)32-17-20-35(21-18-32)51-28-25-46(42(50)53-43(3,4)5)23-12-15-39(49)45(6)24-26-48/h8-9,12-15,17-22,29-30,40,48H,7,10-11,16,23-28H2,1-6H3/b15-12+,41-36+. The summed E-state index contributed by atoms with van der Waals surface area (Å²) in [5.74, 6) is 0.414. The largest absolute Gasteiger partial charge is 0.492 e. The zero-order valence-corrected chi connectivity index (χ0v) is 32.0. The maximum absolute atomic E-state index is 13.0. The van der Waals surface area contributed by atoms with Crippen LogP contribution in [0.1, 0.15) is 81.9 Å². The molecule has 53 heavy (non-hydrogen) atoms. The molecule has 1 atom stereocenters. The minimum atomic E-state index is -0.678. The summed E-state index contributed by atoms with van der Waals surface area (Å²) in [5, 5.41) is 14.9. The minimum Gasteiger partial charge on any atom is -0.492 e. The molecular formula is C43H54N4O6. The van der Waals surface area contributed by atoms with E-state index in [4.69, 9.17) is 24.4 Å². The zero-order chi connectivity index (χ0) is 38.0. The van der Waals surface area contributed by atoms with E-state index in [1.54, 1.807) is 13.1 Å². The smallest absolute Gasteiger partial charge is 0.410 e. The van der Waals surface area contributed by atoms with Gasteiger partial charge in [-0.15, -0.1) is 0 Å². The molecule has 3 aromatic carbocycles. The number of likely N-dealkylation sites (N-methyl/N-ethyl adjacent to an activating group) is 1. The Balaban J connectivity index is 1.38. The minimum absolute atomic E-state index is 0.0332. The summed E-state index contributed by atoms with van der Waals surface area (Å²) in [6.45, 7) is 11.3. The molecule has 1 aliphatic rings. The number of aryl methyl sites for hydroxylation is 1. The van der Waals surface area contributed by atoms with Gasteiger partial charge in [0.1, 0.15) is 18.0 Å². The molecule has 10 heteroatoms. The second-order valence-electron chi connectivity index (χ2n) is 14.4. The number of ether oxygens (including phenoxy) is 3. The molecular weight excluding hydrogens is 668 g/mol. The molecule has 2 amide bonds. The Morgan fingerprint density at radius 2 is 1.79 bits per heavy atom. The van der Waals surface area contributed by atoms with Gasteiger partial charge in [-0.2, -0.15) is 5.10 Å². The maximum atomic E-state index is 13.0. The summed E-state index contributed by atoms with van der Waals surface area (Å²) in [7, 11) is 1.61. The van der Waals surface area contributed by atoms with Crippen LogP contribution in [0.25, 0.3) is 22.0 Å². The van der Waals surface area contributed by atoms with Crippen LogP contribution in [0.2, 0.25) is 0 Å². The van der Waals surface area contributed by atoms with Crippen LogP contribution in [0, 0.1) is 6.92 Å². The Bertz CT molecular complexity index is 1900. The third-order valence-corrected chi connectivity index (χ3v) is 9.26. The fourth-order valence-corrected chi connectivity index (χ4v) is 6.53. The molecule has 0 aliphatic carbocycles. The van der Waals surface area contributed by atoms with Crippen LogP contribution in [0.5, 0.6) is 5.75 Å². The zero-order valence-electron chi connectivity index (χ0n) is 32.0. The topological polar surface area (TPSA) is 106 Å². The molecule has 2 heterocycles. The molecule has 1 aliphatic heterocycles. The van der Waals surface area contributed by atoms with Crippen molar-refractivity contribution in [1.29, 1.82) is 0 Å². The van der Waals surface area contributed by atoms with Gasteiger partial charge in [-0.25, -0.2) is 9.48 Å². The molecule has 5 rings (SSSR count). The Morgan fingerprint density at radius 3 is 2.47 bits per heavy atom. The number of nitrogens with zero attached hydrogens (tertiary/aromatic N) is 4. The Kier molecular flexibility index (Phi) is 13.5. The third kappa shape index (κ3) is 10.4. The predicted octanol–water partition coefficient (Wildman–Crippen LogP) is 8.04. The molecule has 10 nitrogen and oxygen atoms in total. The second kappa shape index (κ2) is 18.2. The normalized spacial score (nSPS) is 15.3. The van der Waals surface area contributed by atoms with Crippen LogP contribution in [0.3, 0.4) is 0 Å². The molecule has 0 radical (unpaired) electrons. The second-order valence-corrected chi connectivity index (χ2v) is 14.4. The number of carbonyl (C=O) groups excluding carboxylic acids is 2. The third-order valence-electron chi connectivity index (χ3n) is 9.26. The van der Waals surface area contributed by atoms with Crippen molar-refractivity contribution in [3.8, 4) is 5.75 Å². The molecule has 4 aromatic rings. The highest BCUT2D eigenvalue weighted by Gasteiger charge is 2.23. The van der Waals surface area contributed by atoms with Gasteiger partial charge in [-0.3, -0.25) is 4.79 Å². The van der Waals surface area contributed by atoms with Crippen molar-refractivity contribution >= 4 is 34.0 Å². The van der Waals surface area contributed by atoms with Crippen molar-refractivity contribution < 1.29 is 28.9 Å². The predicted molar refractivity (Wildman–Crippen MR) is 210 cm³/mol. The van der Waals surface area contributed by atoms with Crippen LogP contribution in [-0.4, -0.2) is 88.8 Å². The van der Waals surface area contributed by atoms with Crippen LogP contribution in [-0.2, 0) is 14.3 Å². The highest BCUT2D eigenvalue weighted by molar-refractivity contribution is 6.01. The molecule has 1 N–H and O–H groups in total. The van der Waals surface area contributed by atoms with Gasteiger partial charge in [-0.1, -0.05) is 55.5 Å². The van der Waals surface area contributed by atoms with Gasteiger partial charge in [0.05, 0.1) is 24.9 Å². The molecule has 0 saturated carbocycles. The lowest BCUT2D eigenvalue weighted by Gasteiger charge is -2.26. The number of aromatic nitrogens is 2. The number of rotatable bonds is 14. The van der Waals surface area contributed by atoms with Gasteiger partial charge in [0.2, 0.25) is 5.91 Å². The molecule has 0 spiro atoms. The monoisotopic (exact) mass is 722 g/mol. The van der Waals surface area contributed by atoms with Gasteiger partial charge in [0.15, 0.2) is 6.23 Å². The fourth-order valence-electron chi connectivity index (χ4n) is 6.53. The number of hydrogen-bond acceptors (Lipinski definition) is 7. The number of allylic oxidation sites excluding steroid dienone is 1. The van der Waals surface area contributed by atoms with E-state index in [0.29, 0.717) is 5.75 Å². The summed E-state index contributed by atoms with van der Waals surface area (Å²) >= 11 is 0. The average molecular weight is 723 g/mol. The highest BCUT2D eigenvalue weighted by atomic mass is 16.6. The molecule has 282 valence electrons. The number of hydrogen-bond donors (Lipinski definition) is 1. The number of carbonyl (C=O) groups is 2. The molecule has 1 saturated heterocycles. The van der Waals surface area contributed by atoms with Gasteiger partial charge < -0.3 is 29.1 Å². The molecule has 1 unspecified atom stereocenters. The maximum Gasteiger partial charge on any atom is 0.410 e. The SMILES string of the molecule is CC/C(=C(/c1ccc(OCCN(C/C=C/C(=O)N(C)CCO)C(=O)OC(C)(C)C)cc1)c1ccc2c(cnn2C2CCCCO2)c1)c1ccccc1C. The first kappa shape index (κ1) is 39.3. The number of fused-ring (bicyclic) bond motifs is 1. The lowest BCUT2D eigenvalue weighted by atomic mass is 9.86. The van der Waals surface area contributed by atoms with Gasteiger partial charge in [0, 0.05) is 38.2 Å². The van der Waals surface area contributed by atoms with Crippen molar-refractivity contribution in [1.82, 2.24) is 19.6 Å². The van der Waals surface area contributed by atoms with Gasteiger partial charge in [-0.05, 0) is 111 Å². The first-order valence-electron chi connectivity index (χ1n) is 18.6. The van der Waals surface area contributed by atoms with Crippen molar-refractivity contribution in [2.75, 3.05) is 46.5 Å². The van der Waals surface area contributed by atoms with Gasteiger partial charge >= 0.3 is 6.09 Å². The van der Waals surface area contributed by atoms with E-state index >= 15 is 0 Å². The van der Waals surface area contributed by atoms with Crippen molar-refractivity contribution in [2.45, 2.75) is 72.1 Å². The van der Waals surface area contributed by atoms with Crippen LogP contribution in [0.4, 0.5) is 4.79 Å². The van der Waals surface area contributed by atoms with E-state index in [-0.39, 0.29) is 45.0 Å². The molecule has 1 fully saturated rings. The van der Waals surface area contributed by atoms with E-state index in [9.17, 15) is 9.59 Å². The van der Waals surface area contributed by atoms with Crippen LogP contribution >= 0.6 is 0 Å². The van der Waals surface area contributed by atoms with Crippen molar-refractivity contribution in [2.24, 2.45) is 0 Å². The summed E-state index contributed by atoms with van der Waals surface area (Å²) in [6.07, 6.45) is 8.46. The summed E-state index contributed by atoms with van der Waals surface area (Å²) in [6, 6.07) is 23.2. The highest BCUT2D eigenvalue weighted by Crippen LogP contribution is 2.38. The summed E-state index contributed by atoms with van der Waals surface area (Å²) in [4.78, 5) is 28.3. The van der Waals surface area contributed by atoms with E-state index in [0.717, 1.165) is 59.9 Å². The number of aliphatic hydroxyl groups is 1. The first-order valence-corrected chi connectivity index (χ1v) is 18.6. The average Bonchev–Trinajstić information content (AvgIpc) is 3.57. The van der Waals surface area contributed by atoms with E-state index in [1.165, 1.54) is 32.6 Å². The number of amides is 2. The van der Waals surface area contributed by atoms with E-state index in [2.05, 4.69) is 68.4 Å². The Hall–Kier alpha value is -4.93. The van der Waals surface area contributed by atoms with Gasteiger partial charge in [0.25, 0.3) is 0 Å². The first-order chi connectivity index (χ1) is 25.5. The quantitative estimate of drug-likeness (QED) is 0.104. The summed E-state index contributed by atoms with van der Waals surface area (Å²) in [5.41, 5.74) is 7.40. The van der Waals surface area contributed by atoms with Crippen LogP contribution < -0.4 is 4.74 Å². The van der Waals surface area contributed by atoms with E-state index < -0.39 is 11.7 Å². The Labute approximate surface area is 313 Å². The lowest BCUT2D eigenvalue weighted by molar-refractivity contribution is -0.125. The molecule has 0 bridgehead atoms. The van der Waals surface area contributed by atoms with Crippen molar-refractivity contribution in [3.63, 3.8) is 0 Å². The van der Waals surface area contributed by atoms with Crippen LogP contribution in [0.15, 0.2) is 85.1 Å². The van der Waals surface area contributed by atoms with E-state index in [1.807, 2.05) is 43.8 Å². The Morgan fingerprint density at radius 1 is 1.04 bits per heavy atom.